The molecule has 1 fully saturated rings. The number of nitrogens with zero attached hydrogens (tertiary/aromatic N) is 1. The van der Waals surface area contributed by atoms with Crippen molar-refractivity contribution >= 4 is 21.6 Å². The molecule has 2 aromatic rings. The molecule has 150 valence electrons. The largest absolute Gasteiger partial charge is 0.496 e. The predicted molar refractivity (Wildman–Crippen MR) is 107 cm³/mol. The molecule has 0 spiro atoms. The predicted octanol–water partition coefficient (Wildman–Crippen LogP) is 0.395. The van der Waals surface area contributed by atoms with Gasteiger partial charge < -0.3 is 15.0 Å². The Bertz CT molecular complexity index is 921. The summed E-state index contributed by atoms with van der Waals surface area (Å²) in [5.41, 5.74) is 1.35. The maximum Gasteiger partial charge on any atom is 0.243 e. The summed E-state index contributed by atoms with van der Waals surface area (Å²) in [7, 11) is 0.132. The number of methoxy groups -OCH3 is 1. The third-order valence-electron chi connectivity index (χ3n) is 4.90. The normalized spacial score (nSPS) is 15.9. The summed E-state index contributed by atoms with van der Waals surface area (Å²) in [5.74, 6) is 0.468. The first-order valence-corrected chi connectivity index (χ1v) is 10.7. The van der Waals surface area contributed by atoms with Crippen molar-refractivity contribution in [2.45, 2.75) is 11.3 Å². The van der Waals surface area contributed by atoms with E-state index in [2.05, 4.69) is 12.4 Å². The van der Waals surface area contributed by atoms with Gasteiger partial charge in [0.1, 0.15) is 5.75 Å². The fourth-order valence-electron chi connectivity index (χ4n) is 3.19. The lowest BCUT2D eigenvalue weighted by molar-refractivity contribution is -0.883. The molecule has 1 saturated heterocycles. The summed E-state index contributed by atoms with van der Waals surface area (Å²) in [5, 5.41) is 2.80. The molecule has 0 aromatic heterocycles. The van der Waals surface area contributed by atoms with Crippen LogP contribution in [0.2, 0.25) is 0 Å². The van der Waals surface area contributed by atoms with Gasteiger partial charge in [-0.3, -0.25) is 4.79 Å². The zero-order chi connectivity index (χ0) is 20.1. The molecular weight excluding hydrogens is 378 g/mol. The Hall–Kier alpha value is -2.42. The lowest BCUT2D eigenvalue weighted by atomic mass is 10.1. The first-order chi connectivity index (χ1) is 13.4. The molecule has 7 nitrogen and oxygen atoms in total. The summed E-state index contributed by atoms with van der Waals surface area (Å²) in [4.78, 5) is 13.9. The number of hydrogen-bond acceptors (Lipinski definition) is 4. The van der Waals surface area contributed by atoms with Crippen LogP contribution in [0.25, 0.3) is 0 Å². The van der Waals surface area contributed by atoms with Gasteiger partial charge in [-0.05, 0) is 30.3 Å². The minimum absolute atomic E-state index is 0.174. The van der Waals surface area contributed by atoms with E-state index in [0.717, 1.165) is 18.7 Å². The van der Waals surface area contributed by atoms with Crippen LogP contribution in [-0.2, 0) is 21.2 Å². The Kier molecular flexibility index (Phi) is 6.33. The molecule has 1 aliphatic heterocycles. The Balaban J connectivity index is 1.65. The maximum absolute atomic E-state index is 12.8. The van der Waals surface area contributed by atoms with Crippen LogP contribution in [0.3, 0.4) is 0 Å². The molecule has 0 atom stereocenters. The SMILES string of the molecule is COc1ccccc1CC(=O)Nc1ccc(S(=O)(=O)N2CC[NH+](C)CC2)cc1. The third-order valence-corrected chi connectivity index (χ3v) is 6.81. The molecule has 0 aliphatic carbocycles. The van der Waals surface area contributed by atoms with Gasteiger partial charge in [-0.2, -0.15) is 4.31 Å². The van der Waals surface area contributed by atoms with Crippen molar-refractivity contribution in [1.29, 1.82) is 0 Å². The van der Waals surface area contributed by atoms with Crippen molar-refractivity contribution in [3.8, 4) is 5.75 Å². The minimum atomic E-state index is -3.50. The highest BCUT2D eigenvalue weighted by Crippen LogP contribution is 2.20. The van der Waals surface area contributed by atoms with E-state index in [1.165, 1.54) is 9.21 Å². The summed E-state index contributed by atoms with van der Waals surface area (Å²) in [6, 6.07) is 13.7. The summed E-state index contributed by atoms with van der Waals surface area (Å²) < 4.78 is 32.3. The van der Waals surface area contributed by atoms with Crippen molar-refractivity contribution in [2.24, 2.45) is 0 Å². The maximum atomic E-state index is 12.8. The minimum Gasteiger partial charge on any atom is -0.496 e. The lowest BCUT2D eigenvalue weighted by Crippen LogP contribution is -3.12. The number of ether oxygens (including phenoxy) is 1. The molecule has 28 heavy (non-hydrogen) atoms. The van der Waals surface area contributed by atoms with Crippen LogP contribution in [0.1, 0.15) is 5.56 Å². The lowest BCUT2D eigenvalue weighted by Gasteiger charge is -2.29. The summed E-state index contributed by atoms with van der Waals surface area (Å²) in [6.45, 7) is 2.64. The molecule has 0 bridgehead atoms. The van der Waals surface area contributed by atoms with Crippen molar-refractivity contribution in [3.63, 3.8) is 0 Å². The number of quaternary nitrogens is 1. The molecule has 0 saturated carbocycles. The van der Waals surface area contributed by atoms with E-state index >= 15 is 0 Å². The van der Waals surface area contributed by atoms with Crippen molar-refractivity contribution in [1.82, 2.24) is 4.31 Å². The monoisotopic (exact) mass is 404 g/mol. The molecule has 2 N–H and O–H groups in total. The average Bonchev–Trinajstić information content (AvgIpc) is 2.69. The van der Waals surface area contributed by atoms with Crippen LogP contribution >= 0.6 is 0 Å². The third kappa shape index (κ3) is 4.70. The number of likely N-dealkylation sites (N-methyl/N-ethyl adjacent to an activating group) is 1. The fraction of sp³-hybridized carbons (Fsp3) is 0.350. The number of carbonyl (C=O) groups excluding carboxylic acids is 1. The van der Waals surface area contributed by atoms with E-state index in [4.69, 9.17) is 4.74 Å². The molecule has 1 aliphatic rings. The smallest absolute Gasteiger partial charge is 0.243 e. The van der Waals surface area contributed by atoms with Crippen LogP contribution in [0, 0.1) is 0 Å². The summed E-state index contributed by atoms with van der Waals surface area (Å²) in [6.07, 6.45) is 0.174. The van der Waals surface area contributed by atoms with Gasteiger partial charge in [0.25, 0.3) is 0 Å². The van der Waals surface area contributed by atoms with E-state index in [-0.39, 0.29) is 17.2 Å². The van der Waals surface area contributed by atoms with Crippen LogP contribution in [-0.4, -0.2) is 59.0 Å². The Morgan fingerprint density at radius 1 is 1.11 bits per heavy atom. The second-order valence-corrected chi connectivity index (χ2v) is 8.86. The number of rotatable bonds is 6. The second-order valence-electron chi connectivity index (χ2n) is 6.92. The van der Waals surface area contributed by atoms with E-state index in [0.29, 0.717) is 24.5 Å². The number of para-hydroxylation sites is 1. The van der Waals surface area contributed by atoms with Gasteiger partial charge in [0, 0.05) is 11.3 Å². The number of amides is 1. The number of anilines is 1. The Morgan fingerprint density at radius 2 is 1.75 bits per heavy atom. The molecule has 8 heteroatoms. The second kappa shape index (κ2) is 8.72. The van der Waals surface area contributed by atoms with Gasteiger partial charge in [-0.1, -0.05) is 18.2 Å². The van der Waals surface area contributed by atoms with Crippen LogP contribution in [0.15, 0.2) is 53.4 Å². The number of sulfonamides is 1. The van der Waals surface area contributed by atoms with Gasteiger partial charge in [0.2, 0.25) is 15.9 Å². The van der Waals surface area contributed by atoms with Crippen molar-refractivity contribution < 1.29 is 22.8 Å². The molecule has 3 rings (SSSR count). The van der Waals surface area contributed by atoms with Gasteiger partial charge >= 0.3 is 0 Å². The standard InChI is InChI=1S/C20H25N3O4S/c1-22-11-13-23(14-12-22)28(25,26)18-9-7-17(8-10-18)21-20(24)15-16-5-3-4-6-19(16)27-2/h3-10H,11-15H2,1-2H3,(H,21,24)/p+1. The zero-order valence-electron chi connectivity index (χ0n) is 16.1. The number of carbonyl (C=O) groups is 1. The van der Waals surface area contributed by atoms with E-state index in [9.17, 15) is 13.2 Å². The van der Waals surface area contributed by atoms with Crippen LogP contribution in [0.5, 0.6) is 5.75 Å². The first-order valence-electron chi connectivity index (χ1n) is 9.23. The van der Waals surface area contributed by atoms with Crippen LogP contribution in [0.4, 0.5) is 5.69 Å². The molecule has 1 amide bonds. The van der Waals surface area contributed by atoms with Gasteiger partial charge in [-0.25, -0.2) is 8.42 Å². The van der Waals surface area contributed by atoms with E-state index in [1.54, 1.807) is 31.4 Å². The number of hydrogen-bond donors (Lipinski definition) is 2. The first kappa shape index (κ1) is 20.3. The summed E-state index contributed by atoms with van der Waals surface area (Å²) >= 11 is 0. The average molecular weight is 405 g/mol. The topological polar surface area (TPSA) is 80.1 Å². The number of piperazine rings is 1. The number of benzene rings is 2. The van der Waals surface area contributed by atoms with Crippen molar-refractivity contribution in [2.75, 3.05) is 45.7 Å². The van der Waals surface area contributed by atoms with Gasteiger partial charge in [0.15, 0.2) is 0 Å². The highest BCUT2D eigenvalue weighted by atomic mass is 32.2. The van der Waals surface area contributed by atoms with E-state index < -0.39 is 10.0 Å². The molecule has 0 unspecified atom stereocenters. The molecule has 0 radical (unpaired) electrons. The Labute approximate surface area is 166 Å². The van der Waals surface area contributed by atoms with Gasteiger partial charge in [-0.15, -0.1) is 0 Å². The highest BCUT2D eigenvalue weighted by molar-refractivity contribution is 7.89. The van der Waals surface area contributed by atoms with Gasteiger partial charge in [0.05, 0.1) is 51.7 Å². The highest BCUT2D eigenvalue weighted by Gasteiger charge is 2.29. The zero-order valence-corrected chi connectivity index (χ0v) is 17.0. The van der Waals surface area contributed by atoms with E-state index in [1.807, 2.05) is 24.3 Å². The molecular formula is C20H26N3O4S+. The molecule has 2 aromatic carbocycles. The Morgan fingerprint density at radius 3 is 2.39 bits per heavy atom. The number of nitrogens with one attached hydrogen (secondary N) is 2. The fourth-order valence-corrected chi connectivity index (χ4v) is 4.64. The van der Waals surface area contributed by atoms with Crippen LogP contribution < -0.4 is 15.0 Å². The van der Waals surface area contributed by atoms with Crippen molar-refractivity contribution in [3.05, 3.63) is 54.1 Å². The quantitative estimate of drug-likeness (QED) is 0.730. The molecule has 1 heterocycles.